The lowest BCUT2D eigenvalue weighted by Gasteiger charge is -2.14. The van der Waals surface area contributed by atoms with Crippen molar-refractivity contribution in [2.75, 3.05) is 6.54 Å². The molecule has 3 nitrogen and oxygen atoms in total. The lowest BCUT2D eigenvalue weighted by molar-refractivity contribution is 0.0940. The van der Waals surface area contributed by atoms with Crippen LogP contribution in [0.2, 0.25) is 0 Å². The minimum atomic E-state index is -0.0299. The number of rotatable bonds is 6. The largest absolute Gasteiger partial charge is 0.349 e. The van der Waals surface area contributed by atoms with Crippen molar-refractivity contribution in [3.05, 3.63) is 71.3 Å². The number of hydrogen-bond donors (Lipinski definition) is 2. The lowest BCUT2D eigenvalue weighted by Crippen LogP contribution is -2.34. The van der Waals surface area contributed by atoms with Gasteiger partial charge in [-0.05, 0) is 49.6 Å². The standard InChI is InChI=1S/C18H22N2O/c1-14(13-16-5-3-2-4-6-16)20-18(21)17-9-7-15(8-10-17)11-12-19/h2-10,14H,11-13,19H2,1H3,(H,20,21). The summed E-state index contributed by atoms with van der Waals surface area (Å²) in [5.74, 6) is -0.0299. The third-order valence-electron chi connectivity index (χ3n) is 3.41. The van der Waals surface area contributed by atoms with Crippen molar-refractivity contribution in [2.24, 2.45) is 5.73 Å². The molecular formula is C18H22N2O. The van der Waals surface area contributed by atoms with Gasteiger partial charge in [0.15, 0.2) is 0 Å². The molecule has 0 fully saturated rings. The second-order valence-electron chi connectivity index (χ2n) is 5.30. The van der Waals surface area contributed by atoms with Gasteiger partial charge in [-0.1, -0.05) is 42.5 Å². The van der Waals surface area contributed by atoms with Crippen LogP contribution in [0.25, 0.3) is 0 Å². The summed E-state index contributed by atoms with van der Waals surface area (Å²) in [5.41, 5.74) is 8.59. The molecule has 0 aliphatic heterocycles. The van der Waals surface area contributed by atoms with Crippen molar-refractivity contribution in [1.82, 2.24) is 5.32 Å². The molecule has 21 heavy (non-hydrogen) atoms. The van der Waals surface area contributed by atoms with Crippen LogP contribution in [0.5, 0.6) is 0 Å². The smallest absolute Gasteiger partial charge is 0.251 e. The number of hydrogen-bond acceptors (Lipinski definition) is 2. The number of amides is 1. The van der Waals surface area contributed by atoms with Crippen LogP contribution in [0.15, 0.2) is 54.6 Å². The Kier molecular flexibility index (Phi) is 5.52. The highest BCUT2D eigenvalue weighted by atomic mass is 16.1. The minimum absolute atomic E-state index is 0.0299. The van der Waals surface area contributed by atoms with Gasteiger partial charge in [0.05, 0.1) is 0 Å². The zero-order valence-electron chi connectivity index (χ0n) is 12.4. The maximum atomic E-state index is 12.2. The first-order chi connectivity index (χ1) is 10.2. The van der Waals surface area contributed by atoms with Crippen LogP contribution in [0.1, 0.15) is 28.4 Å². The molecule has 2 aromatic rings. The van der Waals surface area contributed by atoms with E-state index in [9.17, 15) is 4.79 Å². The molecule has 0 saturated heterocycles. The molecule has 0 aromatic heterocycles. The third-order valence-corrected chi connectivity index (χ3v) is 3.41. The van der Waals surface area contributed by atoms with Gasteiger partial charge in [0.2, 0.25) is 0 Å². The predicted octanol–water partition coefficient (Wildman–Crippen LogP) is 2.55. The van der Waals surface area contributed by atoms with Crippen molar-refractivity contribution >= 4 is 5.91 Å². The van der Waals surface area contributed by atoms with E-state index in [1.165, 1.54) is 5.56 Å². The highest BCUT2D eigenvalue weighted by Gasteiger charge is 2.10. The van der Waals surface area contributed by atoms with Crippen molar-refractivity contribution in [2.45, 2.75) is 25.8 Å². The van der Waals surface area contributed by atoms with Crippen LogP contribution in [-0.4, -0.2) is 18.5 Å². The summed E-state index contributed by atoms with van der Waals surface area (Å²) in [6.07, 6.45) is 1.67. The fraction of sp³-hybridized carbons (Fsp3) is 0.278. The molecular weight excluding hydrogens is 260 g/mol. The van der Waals surface area contributed by atoms with E-state index in [1.807, 2.05) is 49.4 Å². The Morgan fingerprint density at radius 1 is 1.05 bits per heavy atom. The summed E-state index contributed by atoms with van der Waals surface area (Å²) in [4.78, 5) is 12.2. The zero-order chi connectivity index (χ0) is 15.1. The second kappa shape index (κ2) is 7.60. The monoisotopic (exact) mass is 282 g/mol. The Bertz CT molecular complexity index is 564. The quantitative estimate of drug-likeness (QED) is 0.855. The molecule has 3 heteroatoms. The molecule has 0 saturated carbocycles. The van der Waals surface area contributed by atoms with Gasteiger partial charge >= 0.3 is 0 Å². The van der Waals surface area contributed by atoms with E-state index in [4.69, 9.17) is 5.73 Å². The average Bonchev–Trinajstić information content (AvgIpc) is 2.49. The fourth-order valence-electron chi connectivity index (χ4n) is 2.32. The van der Waals surface area contributed by atoms with Crippen molar-refractivity contribution in [3.8, 4) is 0 Å². The Balaban J connectivity index is 1.91. The van der Waals surface area contributed by atoms with E-state index in [-0.39, 0.29) is 11.9 Å². The number of nitrogens with one attached hydrogen (secondary N) is 1. The summed E-state index contributed by atoms with van der Waals surface area (Å²) in [5, 5.41) is 3.03. The molecule has 2 rings (SSSR count). The van der Waals surface area contributed by atoms with Crippen LogP contribution in [0.4, 0.5) is 0 Å². The number of carbonyl (C=O) groups is 1. The molecule has 2 aromatic carbocycles. The summed E-state index contributed by atoms with van der Waals surface area (Å²) in [7, 11) is 0. The van der Waals surface area contributed by atoms with Crippen LogP contribution in [0, 0.1) is 0 Å². The molecule has 3 N–H and O–H groups in total. The van der Waals surface area contributed by atoms with Crippen LogP contribution < -0.4 is 11.1 Å². The Morgan fingerprint density at radius 3 is 2.33 bits per heavy atom. The van der Waals surface area contributed by atoms with Gasteiger partial charge < -0.3 is 11.1 Å². The topological polar surface area (TPSA) is 55.1 Å². The van der Waals surface area contributed by atoms with Crippen LogP contribution in [0.3, 0.4) is 0 Å². The van der Waals surface area contributed by atoms with Gasteiger partial charge in [0.25, 0.3) is 5.91 Å². The number of benzene rings is 2. The summed E-state index contributed by atoms with van der Waals surface area (Å²) in [6, 6.07) is 17.9. The van der Waals surface area contributed by atoms with Crippen molar-refractivity contribution in [3.63, 3.8) is 0 Å². The average molecular weight is 282 g/mol. The third kappa shape index (κ3) is 4.72. The molecule has 0 aliphatic rings. The maximum Gasteiger partial charge on any atom is 0.251 e. The molecule has 0 heterocycles. The summed E-state index contributed by atoms with van der Waals surface area (Å²) >= 11 is 0. The first kappa shape index (κ1) is 15.3. The number of carbonyl (C=O) groups excluding carboxylic acids is 1. The van der Waals surface area contributed by atoms with Crippen LogP contribution >= 0.6 is 0 Å². The molecule has 0 radical (unpaired) electrons. The van der Waals surface area contributed by atoms with Gasteiger partial charge in [-0.15, -0.1) is 0 Å². The van der Waals surface area contributed by atoms with E-state index in [1.54, 1.807) is 0 Å². The zero-order valence-corrected chi connectivity index (χ0v) is 12.4. The van der Waals surface area contributed by atoms with E-state index in [0.717, 1.165) is 18.4 Å². The molecule has 1 amide bonds. The Morgan fingerprint density at radius 2 is 1.71 bits per heavy atom. The van der Waals surface area contributed by atoms with Gasteiger partial charge in [-0.3, -0.25) is 4.79 Å². The molecule has 1 atom stereocenters. The van der Waals surface area contributed by atoms with Gasteiger partial charge in [-0.2, -0.15) is 0 Å². The lowest BCUT2D eigenvalue weighted by atomic mass is 10.1. The van der Waals surface area contributed by atoms with Gasteiger partial charge in [0.1, 0.15) is 0 Å². The summed E-state index contributed by atoms with van der Waals surface area (Å²) < 4.78 is 0. The SMILES string of the molecule is CC(Cc1ccccc1)NC(=O)c1ccc(CCN)cc1. The highest BCUT2D eigenvalue weighted by Crippen LogP contribution is 2.07. The fourth-order valence-corrected chi connectivity index (χ4v) is 2.32. The maximum absolute atomic E-state index is 12.2. The molecule has 110 valence electrons. The van der Waals surface area contributed by atoms with E-state index >= 15 is 0 Å². The van der Waals surface area contributed by atoms with E-state index in [0.29, 0.717) is 12.1 Å². The van der Waals surface area contributed by atoms with Gasteiger partial charge in [-0.25, -0.2) is 0 Å². The summed E-state index contributed by atoms with van der Waals surface area (Å²) in [6.45, 7) is 2.65. The van der Waals surface area contributed by atoms with E-state index < -0.39 is 0 Å². The van der Waals surface area contributed by atoms with Crippen molar-refractivity contribution < 1.29 is 4.79 Å². The van der Waals surface area contributed by atoms with Crippen molar-refractivity contribution in [1.29, 1.82) is 0 Å². The second-order valence-corrected chi connectivity index (χ2v) is 5.30. The van der Waals surface area contributed by atoms with Crippen LogP contribution in [-0.2, 0) is 12.8 Å². The molecule has 1 unspecified atom stereocenters. The Labute approximate surface area is 126 Å². The first-order valence-corrected chi connectivity index (χ1v) is 7.33. The molecule has 0 bridgehead atoms. The molecule has 0 aliphatic carbocycles. The van der Waals surface area contributed by atoms with Gasteiger partial charge in [0, 0.05) is 11.6 Å². The first-order valence-electron chi connectivity index (χ1n) is 7.33. The van der Waals surface area contributed by atoms with E-state index in [2.05, 4.69) is 17.4 Å². The Hall–Kier alpha value is -2.13. The minimum Gasteiger partial charge on any atom is -0.349 e. The number of nitrogens with two attached hydrogens (primary N) is 1. The predicted molar refractivity (Wildman–Crippen MR) is 86.3 cm³/mol. The molecule has 0 spiro atoms. The normalized spacial score (nSPS) is 11.9. The highest BCUT2D eigenvalue weighted by molar-refractivity contribution is 5.94.